The number of anilines is 1. The summed E-state index contributed by atoms with van der Waals surface area (Å²) >= 11 is 0. The highest BCUT2D eigenvalue weighted by atomic mass is 32.2. The summed E-state index contributed by atoms with van der Waals surface area (Å²) in [6.07, 6.45) is 0. The smallest absolute Gasteiger partial charge is 0.262 e. The molecule has 0 unspecified atom stereocenters. The van der Waals surface area contributed by atoms with Crippen LogP contribution in [0.5, 0.6) is 17.2 Å². The lowest BCUT2D eigenvalue weighted by Crippen LogP contribution is -2.40. The molecule has 0 atom stereocenters. The second-order valence-corrected chi connectivity index (χ2v) is 9.32. The molecule has 1 amide bonds. The fraction of sp³-hybridized carbons (Fsp3) is 0.208. The maximum atomic E-state index is 13.3. The van der Waals surface area contributed by atoms with Gasteiger partial charge in [-0.15, -0.1) is 0 Å². The SMILES string of the molecule is O=C(COc1cccc(F)c1)Nc1cc(S(=O)(=O)N2CCOCC2)ccc1Oc1ccccc1. The molecule has 0 radical (unpaired) electrons. The minimum atomic E-state index is -3.80. The molecule has 1 heterocycles. The summed E-state index contributed by atoms with van der Waals surface area (Å²) in [6.45, 7) is 0.709. The molecule has 3 aromatic carbocycles. The van der Waals surface area contributed by atoms with E-state index in [0.717, 1.165) is 6.07 Å². The molecule has 0 saturated carbocycles. The number of hydrogen-bond acceptors (Lipinski definition) is 6. The van der Waals surface area contributed by atoms with Gasteiger partial charge in [0.1, 0.15) is 17.3 Å². The van der Waals surface area contributed by atoms with E-state index in [-0.39, 0.29) is 35.2 Å². The van der Waals surface area contributed by atoms with E-state index in [1.54, 1.807) is 24.3 Å². The number of para-hydroxylation sites is 1. The van der Waals surface area contributed by atoms with Crippen molar-refractivity contribution in [2.75, 3.05) is 38.2 Å². The van der Waals surface area contributed by atoms with E-state index < -0.39 is 28.4 Å². The fourth-order valence-corrected chi connectivity index (χ4v) is 4.73. The topological polar surface area (TPSA) is 94.2 Å². The van der Waals surface area contributed by atoms with Crippen molar-refractivity contribution in [1.29, 1.82) is 0 Å². The minimum absolute atomic E-state index is 0.0103. The van der Waals surface area contributed by atoms with Crippen LogP contribution in [0.15, 0.2) is 77.7 Å². The van der Waals surface area contributed by atoms with Gasteiger partial charge in [0.25, 0.3) is 5.91 Å². The number of morpholine rings is 1. The first kappa shape index (κ1) is 23.7. The number of halogens is 1. The fourth-order valence-electron chi connectivity index (χ4n) is 3.30. The highest BCUT2D eigenvalue weighted by Gasteiger charge is 2.27. The zero-order valence-corrected chi connectivity index (χ0v) is 19.0. The van der Waals surface area contributed by atoms with Crippen molar-refractivity contribution >= 4 is 21.6 Å². The Morgan fingerprint density at radius 1 is 0.971 bits per heavy atom. The lowest BCUT2D eigenvalue weighted by Gasteiger charge is -2.26. The van der Waals surface area contributed by atoms with E-state index >= 15 is 0 Å². The molecular formula is C24H23FN2O6S. The quantitative estimate of drug-likeness (QED) is 0.522. The van der Waals surface area contributed by atoms with Crippen LogP contribution < -0.4 is 14.8 Å². The van der Waals surface area contributed by atoms with Crippen LogP contribution in [0.1, 0.15) is 0 Å². The third-order valence-electron chi connectivity index (χ3n) is 4.97. The molecule has 1 aliphatic rings. The first-order valence-electron chi connectivity index (χ1n) is 10.5. The number of sulfonamides is 1. The Morgan fingerprint density at radius 3 is 2.44 bits per heavy atom. The van der Waals surface area contributed by atoms with Crippen molar-refractivity contribution in [2.24, 2.45) is 0 Å². The van der Waals surface area contributed by atoms with Crippen molar-refractivity contribution in [3.8, 4) is 17.2 Å². The lowest BCUT2D eigenvalue weighted by atomic mass is 10.2. The maximum Gasteiger partial charge on any atom is 0.262 e. The molecule has 1 N–H and O–H groups in total. The second kappa shape index (κ2) is 10.6. The van der Waals surface area contributed by atoms with Gasteiger partial charge in [-0.1, -0.05) is 24.3 Å². The van der Waals surface area contributed by atoms with E-state index in [2.05, 4.69) is 5.32 Å². The van der Waals surface area contributed by atoms with Crippen molar-refractivity contribution < 1.29 is 31.8 Å². The van der Waals surface area contributed by atoms with E-state index in [1.807, 2.05) is 6.07 Å². The zero-order chi connectivity index (χ0) is 24.0. The van der Waals surface area contributed by atoms with E-state index in [0.29, 0.717) is 19.0 Å². The standard InChI is InChI=1S/C24H23FN2O6S/c25-18-5-4-8-20(15-18)32-17-24(28)26-22-16-21(34(29,30)27-11-13-31-14-12-27)9-10-23(22)33-19-6-2-1-3-7-19/h1-10,15-16H,11-14,17H2,(H,26,28). The second-order valence-electron chi connectivity index (χ2n) is 7.38. The van der Waals surface area contributed by atoms with Crippen molar-refractivity contribution in [2.45, 2.75) is 4.90 Å². The highest BCUT2D eigenvalue weighted by Crippen LogP contribution is 2.33. The molecule has 1 saturated heterocycles. The summed E-state index contributed by atoms with van der Waals surface area (Å²) in [5.74, 6) is -0.0934. The van der Waals surface area contributed by atoms with Gasteiger partial charge in [0.2, 0.25) is 10.0 Å². The van der Waals surface area contributed by atoms with Gasteiger partial charge >= 0.3 is 0 Å². The van der Waals surface area contributed by atoms with E-state index in [1.165, 1.54) is 40.7 Å². The van der Waals surface area contributed by atoms with E-state index in [9.17, 15) is 17.6 Å². The van der Waals surface area contributed by atoms with Crippen LogP contribution in [0.25, 0.3) is 0 Å². The average molecular weight is 487 g/mol. The third kappa shape index (κ3) is 5.90. The predicted molar refractivity (Wildman–Crippen MR) is 123 cm³/mol. The first-order valence-corrected chi connectivity index (χ1v) is 12.0. The van der Waals surface area contributed by atoms with Gasteiger partial charge in [-0.25, -0.2) is 12.8 Å². The van der Waals surface area contributed by atoms with Crippen LogP contribution >= 0.6 is 0 Å². The van der Waals surface area contributed by atoms with Crippen LogP contribution in [0.2, 0.25) is 0 Å². The largest absolute Gasteiger partial charge is 0.484 e. The molecule has 0 aliphatic carbocycles. The van der Waals surface area contributed by atoms with Gasteiger partial charge in [0, 0.05) is 19.2 Å². The normalized spacial score (nSPS) is 14.4. The van der Waals surface area contributed by atoms with Crippen LogP contribution in [-0.4, -0.2) is 51.5 Å². The maximum absolute atomic E-state index is 13.3. The molecule has 8 nitrogen and oxygen atoms in total. The molecule has 178 valence electrons. The number of ether oxygens (including phenoxy) is 3. The number of benzene rings is 3. The summed E-state index contributed by atoms with van der Waals surface area (Å²) in [7, 11) is -3.80. The number of carbonyl (C=O) groups excluding carboxylic acids is 1. The number of carbonyl (C=O) groups is 1. The van der Waals surface area contributed by atoms with E-state index in [4.69, 9.17) is 14.2 Å². The molecule has 4 rings (SSSR count). The summed E-state index contributed by atoms with van der Waals surface area (Å²) < 4.78 is 57.3. The summed E-state index contributed by atoms with van der Waals surface area (Å²) in [5.41, 5.74) is 0.158. The Labute approximate surface area is 196 Å². The van der Waals surface area contributed by atoms with Crippen LogP contribution in [0.4, 0.5) is 10.1 Å². The Kier molecular flexibility index (Phi) is 7.41. The van der Waals surface area contributed by atoms with Crippen molar-refractivity contribution in [3.05, 3.63) is 78.6 Å². The predicted octanol–water partition coefficient (Wildman–Crippen LogP) is 3.66. The highest BCUT2D eigenvalue weighted by molar-refractivity contribution is 7.89. The van der Waals surface area contributed by atoms with Gasteiger partial charge in [0.05, 0.1) is 23.8 Å². The van der Waals surface area contributed by atoms with Gasteiger partial charge in [-0.3, -0.25) is 4.79 Å². The third-order valence-corrected chi connectivity index (χ3v) is 6.86. The first-order chi connectivity index (χ1) is 16.4. The molecule has 1 aliphatic heterocycles. The molecule has 0 aromatic heterocycles. The Balaban J connectivity index is 1.57. The Hall–Kier alpha value is -3.47. The summed E-state index contributed by atoms with van der Waals surface area (Å²) in [6, 6.07) is 18.6. The summed E-state index contributed by atoms with van der Waals surface area (Å²) in [4.78, 5) is 12.6. The molecule has 3 aromatic rings. The van der Waals surface area contributed by atoms with Crippen molar-refractivity contribution in [3.63, 3.8) is 0 Å². The number of hydrogen-bond donors (Lipinski definition) is 1. The number of rotatable bonds is 8. The number of amides is 1. The Morgan fingerprint density at radius 2 is 1.71 bits per heavy atom. The molecule has 1 fully saturated rings. The molecule has 0 spiro atoms. The molecule has 10 heteroatoms. The number of nitrogens with zero attached hydrogens (tertiary/aromatic N) is 1. The summed E-state index contributed by atoms with van der Waals surface area (Å²) in [5, 5.41) is 2.64. The number of nitrogens with one attached hydrogen (secondary N) is 1. The van der Waals surface area contributed by atoms with Crippen LogP contribution in [0, 0.1) is 5.82 Å². The lowest BCUT2D eigenvalue weighted by molar-refractivity contribution is -0.118. The molecular weight excluding hydrogens is 463 g/mol. The van der Waals surface area contributed by atoms with Gasteiger partial charge in [-0.05, 0) is 42.5 Å². The van der Waals surface area contributed by atoms with Crippen LogP contribution in [0.3, 0.4) is 0 Å². The van der Waals surface area contributed by atoms with Crippen LogP contribution in [-0.2, 0) is 19.6 Å². The average Bonchev–Trinajstić information content (AvgIpc) is 2.85. The zero-order valence-electron chi connectivity index (χ0n) is 18.1. The minimum Gasteiger partial charge on any atom is -0.484 e. The van der Waals surface area contributed by atoms with Gasteiger partial charge in [-0.2, -0.15) is 4.31 Å². The monoisotopic (exact) mass is 486 g/mol. The van der Waals surface area contributed by atoms with Gasteiger partial charge < -0.3 is 19.5 Å². The molecule has 34 heavy (non-hydrogen) atoms. The van der Waals surface area contributed by atoms with Crippen molar-refractivity contribution in [1.82, 2.24) is 4.31 Å². The Bertz CT molecular complexity index is 1250. The molecule has 0 bridgehead atoms. The van der Waals surface area contributed by atoms with Gasteiger partial charge in [0.15, 0.2) is 12.4 Å².